The van der Waals surface area contributed by atoms with Crippen LogP contribution in [0.3, 0.4) is 0 Å². The predicted molar refractivity (Wildman–Crippen MR) is 118 cm³/mol. The van der Waals surface area contributed by atoms with Crippen molar-refractivity contribution in [3.8, 4) is 5.75 Å². The van der Waals surface area contributed by atoms with Gasteiger partial charge >= 0.3 is 6.03 Å². The van der Waals surface area contributed by atoms with Gasteiger partial charge in [-0.1, -0.05) is 54.1 Å². The number of benzene rings is 3. The molecule has 0 unspecified atom stereocenters. The van der Waals surface area contributed by atoms with E-state index in [2.05, 4.69) is 5.32 Å². The number of hydrogen-bond acceptors (Lipinski definition) is 4. The Kier molecular flexibility index (Phi) is 6.00. The first kappa shape index (κ1) is 21.3. The maximum Gasteiger partial charge on any atom is 0.335 e. The number of amides is 4. The van der Waals surface area contributed by atoms with Gasteiger partial charge in [0.1, 0.15) is 23.7 Å². The Hall–Kier alpha value is -3.97. The number of imide groups is 2. The van der Waals surface area contributed by atoms with Crippen LogP contribution in [0.5, 0.6) is 5.75 Å². The Morgan fingerprint density at radius 3 is 2.38 bits per heavy atom. The number of nitrogens with zero attached hydrogens (tertiary/aromatic N) is 1. The molecule has 6 nitrogen and oxygen atoms in total. The van der Waals surface area contributed by atoms with Crippen molar-refractivity contribution in [1.29, 1.82) is 0 Å². The number of hydrogen-bond donors (Lipinski definition) is 1. The Morgan fingerprint density at radius 2 is 1.62 bits per heavy atom. The lowest BCUT2D eigenvalue weighted by atomic mass is 10.1. The first-order valence-electron chi connectivity index (χ1n) is 9.56. The van der Waals surface area contributed by atoms with Gasteiger partial charge in [-0.3, -0.25) is 14.9 Å². The molecule has 0 atom stereocenters. The summed E-state index contributed by atoms with van der Waals surface area (Å²) in [7, 11) is 0. The van der Waals surface area contributed by atoms with Crippen LogP contribution in [0.15, 0.2) is 78.4 Å². The molecule has 0 aromatic heterocycles. The van der Waals surface area contributed by atoms with Crippen LogP contribution in [0.4, 0.5) is 14.9 Å². The van der Waals surface area contributed by atoms with Crippen molar-refractivity contribution >= 4 is 41.2 Å². The molecule has 32 heavy (non-hydrogen) atoms. The summed E-state index contributed by atoms with van der Waals surface area (Å²) in [5.41, 5.74) is 1.12. The van der Waals surface area contributed by atoms with Crippen LogP contribution in [0.1, 0.15) is 11.1 Å². The van der Waals surface area contributed by atoms with Crippen LogP contribution < -0.4 is 15.0 Å². The average molecular weight is 451 g/mol. The Balaban J connectivity index is 1.64. The largest absolute Gasteiger partial charge is 0.488 e. The van der Waals surface area contributed by atoms with Crippen molar-refractivity contribution in [3.05, 3.63) is 100 Å². The summed E-state index contributed by atoms with van der Waals surface area (Å²) in [6, 6.07) is 18.1. The van der Waals surface area contributed by atoms with E-state index < -0.39 is 17.8 Å². The minimum atomic E-state index is -0.883. The molecule has 3 aromatic rings. The van der Waals surface area contributed by atoms with Gasteiger partial charge in [-0.15, -0.1) is 0 Å². The molecule has 3 aromatic carbocycles. The van der Waals surface area contributed by atoms with Crippen LogP contribution in [-0.2, 0) is 16.2 Å². The second kappa shape index (κ2) is 9.03. The van der Waals surface area contributed by atoms with E-state index in [4.69, 9.17) is 16.3 Å². The molecule has 8 heteroatoms. The molecule has 0 spiro atoms. The van der Waals surface area contributed by atoms with Gasteiger partial charge in [-0.25, -0.2) is 14.1 Å². The van der Waals surface area contributed by atoms with Crippen molar-refractivity contribution in [1.82, 2.24) is 5.32 Å². The van der Waals surface area contributed by atoms with Crippen LogP contribution >= 0.6 is 11.6 Å². The van der Waals surface area contributed by atoms with E-state index in [1.54, 1.807) is 48.5 Å². The predicted octanol–water partition coefficient (Wildman–Crippen LogP) is 4.72. The normalized spacial score (nSPS) is 15.1. The standard InChI is InChI=1S/C24H16ClFN2O4/c25-19-6-2-3-7-20(19)28-23(30)18(22(29)27-24(28)31)13-16-5-1-4-8-21(16)32-14-15-9-11-17(26)12-10-15/h1-13H,14H2,(H,27,29,31)/b18-13+. The van der Waals surface area contributed by atoms with E-state index in [0.717, 1.165) is 10.5 Å². The summed E-state index contributed by atoms with van der Waals surface area (Å²) in [4.78, 5) is 38.7. The third-order valence-corrected chi connectivity index (χ3v) is 5.04. The monoisotopic (exact) mass is 450 g/mol. The van der Waals surface area contributed by atoms with E-state index in [-0.39, 0.29) is 28.7 Å². The van der Waals surface area contributed by atoms with Crippen LogP contribution in [0, 0.1) is 5.82 Å². The number of barbiturate groups is 1. The number of para-hydroxylation sites is 2. The molecule has 0 bridgehead atoms. The minimum absolute atomic E-state index is 0.158. The zero-order valence-corrected chi connectivity index (χ0v) is 17.3. The fourth-order valence-electron chi connectivity index (χ4n) is 3.14. The zero-order valence-electron chi connectivity index (χ0n) is 16.5. The molecule has 0 radical (unpaired) electrons. The van der Waals surface area contributed by atoms with E-state index in [1.807, 2.05) is 0 Å². The van der Waals surface area contributed by atoms with Gasteiger partial charge in [0.05, 0.1) is 10.7 Å². The van der Waals surface area contributed by atoms with Gasteiger partial charge in [0.2, 0.25) is 0 Å². The lowest BCUT2D eigenvalue weighted by Crippen LogP contribution is -2.54. The molecule has 160 valence electrons. The lowest BCUT2D eigenvalue weighted by molar-refractivity contribution is -0.122. The van der Waals surface area contributed by atoms with Gasteiger partial charge in [-0.05, 0) is 42.0 Å². The molecule has 1 aliphatic heterocycles. The fourth-order valence-corrected chi connectivity index (χ4v) is 3.36. The van der Waals surface area contributed by atoms with Gasteiger partial charge in [0.25, 0.3) is 11.8 Å². The first-order valence-corrected chi connectivity index (χ1v) is 9.94. The molecule has 4 rings (SSSR count). The second-order valence-electron chi connectivity index (χ2n) is 6.86. The van der Waals surface area contributed by atoms with Crippen LogP contribution in [-0.4, -0.2) is 17.8 Å². The summed E-state index contributed by atoms with van der Waals surface area (Å²) < 4.78 is 18.9. The summed E-state index contributed by atoms with van der Waals surface area (Å²) in [6.07, 6.45) is 1.36. The second-order valence-corrected chi connectivity index (χ2v) is 7.27. The van der Waals surface area contributed by atoms with Gasteiger partial charge in [0, 0.05) is 5.56 Å². The summed E-state index contributed by atoms with van der Waals surface area (Å²) in [5, 5.41) is 2.35. The maximum absolute atomic E-state index is 13.1. The molecule has 4 amide bonds. The van der Waals surface area contributed by atoms with E-state index in [0.29, 0.717) is 11.3 Å². The Labute approximate surface area is 187 Å². The molecule has 0 saturated carbocycles. The van der Waals surface area contributed by atoms with Gasteiger partial charge in [0.15, 0.2) is 0 Å². The van der Waals surface area contributed by atoms with E-state index >= 15 is 0 Å². The summed E-state index contributed by atoms with van der Waals surface area (Å²) in [6.45, 7) is 0.158. The van der Waals surface area contributed by atoms with Gasteiger partial charge < -0.3 is 4.74 Å². The highest BCUT2D eigenvalue weighted by Crippen LogP contribution is 2.30. The SMILES string of the molecule is O=C1NC(=O)N(c2ccccc2Cl)C(=O)/C1=C/c1ccccc1OCc1ccc(F)cc1. The summed E-state index contributed by atoms with van der Waals surface area (Å²) in [5.74, 6) is -1.57. The molecule has 1 aliphatic rings. The topological polar surface area (TPSA) is 75.7 Å². The van der Waals surface area contributed by atoms with E-state index in [1.165, 1.54) is 30.3 Å². The van der Waals surface area contributed by atoms with E-state index in [9.17, 15) is 18.8 Å². The highest BCUT2D eigenvalue weighted by atomic mass is 35.5. The number of carbonyl (C=O) groups excluding carboxylic acids is 3. The Bertz CT molecular complexity index is 1240. The molecular weight excluding hydrogens is 435 g/mol. The third-order valence-electron chi connectivity index (χ3n) is 4.72. The number of ether oxygens (including phenoxy) is 1. The average Bonchev–Trinajstić information content (AvgIpc) is 2.78. The zero-order chi connectivity index (χ0) is 22.7. The molecule has 1 heterocycles. The fraction of sp³-hybridized carbons (Fsp3) is 0.0417. The van der Waals surface area contributed by atoms with Crippen molar-refractivity contribution in [2.75, 3.05) is 4.90 Å². The number of carbonyl (C=O) groups is 3. The number of rotatable bonds is 5. The minimum Gasteiger partial charge on any atom is -0.488 e. The first-order chi connectivity index (χ1) is 15.4. The van der Waals surface area contributed by atoms with Crippen LogP contribution in [0.2, 0.25) is 5.02 Å². The maximum atomic E-state index is 13.1. The molecule has 1 fully saturated rings. The molecule has 1 N–H and O–H groups in total. The quantitative estimate of drug-likeness (QED) is 0.450. The number of halogens is 2. The van der Waals surface area contributed by atoms with Crippen molar-refractivity contribution < 1.29 is 23.5 Å². The molecule has 1 saturated heterocycles. The number of anilines is 1. The number of nitrogens with one attached hydrogen (secondary N) is 1. The molecular formula is C24H16ClFN2O4. The third kappa shape index (κ3) is 4.38. The highest BCUT2D eigenvalue weighted by molar-refractivity contribution is 6.42. The summed E-state index contributed by atoms with van der Waals surface area (Å²) >= 11 is 6.15. The number of urea groups is 1. The molecule has 0 aliphatic carbocycles. The van der Waals surface area contributed by atoms with Gasteiger partial charge in [-0.2, -0.15) is 0 Å². The highest BCUT2D eigenvalue weighted by Gasteiger charge is 2.37. The van der Waals surface area contributed by atoms with Crippen molar-refractivity contribution in [3.63, 3.8) is 0 Å². The van der Waals surface area contributed by atoms with Crippen molar-refractivity contribution in [2.24, 2.45) is 0 Å². The van der Waals surface area contributed by atoms with Crippen molar-refractivity contribution in [2.45, 2.75) is 6.61 Å². The lowest BCUT2D eigenvalue weighted by Gasteiger charge is -2.27. The Morgan fingerprint density at radius 1 is 0.938 bits per heavy atom. The smallest absolute Gasteiger partial charge is 0.335 e. The van der Waals surface area contributed by atoms with Crippen LogP contribution in [0.25, 0.3) is 6.08 Å².